The first kappa shape index (κ1) is 14.2. The second kappa shape index (κ2) is 4.80. The van der Waals surface area contributed by atoms with Gasteiger partial charge in [0.15, 0.2) is 0 Å². The summed E-state index contributed by atoms with van der Waals surface area (Å²) in [5.74, 6) is 0. The molecule has 0 fully saturated rings. The van der Waals surface area contributed by atoms with Gasteiger partial charge in [-0.25, -0.2) is 8.42 Å². The predicted molar refractivity (Wildman–Crippen MR) is 68.8 cm³/mol. The van der Waals surface area contributed by atoms with Crippen molar-refractivity contribution in [2.45, 2.75) is 31.2 Å². The van der Waals surface area contributed by atoms with E-state index in [1.165, 1.54) is 16.4 Å². The zero-order chi connectivity index (χ0) is 13.3. The highest BCUT2D eigenvalue weighted by Gasteiger charge is 2.30. The van der Waals surface area contributed by atoms with E-state index < -0.39 is 15.6 Å². The van der Waals surface area contributed by atoms with Crippen LogP contribution in [0.5, 0.6) is 0 Å². The van der Waals surface area contributed by atoms with Crippen molar-refractivity contribution in [2.75, 3.05) is 7.05 Å². The van der Waals surface area contributed by atoms with Crippen LogP contribution >= 0.6 is 0 Å². The molecule has 1 aromatic rings. The minimum Gasteiger partial charge on any atom is -0.450 e. The Morgan fingerprint density at radius 2 is 1.88 bits per heavy atom. The summed E-state index contributed by atoms with van der Waals surface area (Å²) in [5, 5.41) is 8.89. The quantitative estimate of drug-likeness (QED) is 0.791. The molecule has 0 amide bonds. The molecule has 6 heteroatoms. The molecule has 1 N–H and O–H groups in total. The Kier molecular flexibility index (Phi) is 4.01. The molecule has 0 heterocycles. The average molecular weight is 254 g/mol. The second-order valence-electron chi connectivity index (χ2n) is 4.84. The number of rotatable bonds is 3. The minimum atomic E-state index is -3.53. The molecule has 4 nitrogen and oxygen atoms in total. The summed E-state index contributed by atoms with van der Waals surface area (Å²) in [4.78, 5) is 0.178. The molecular weight excluding hydrogens is 237 g/mol. The van der Waals surface area contributed by atoms with Crippen molar-refractivity contribution >= 4 is 23.0 Å². The predicted octanol–water partition coefficient (Wildman–Crippen LogP) is 0.342. The van der Waals surface area contributed by atoms with Crippen molar-refractivity contribution < 1.29 is 13.4 Å². The summed E-state index contributed by atoms with van der Waals surface area (Å²) in [6.45, 7) is 5.48. The van der Waals surface area contributed by atoms with Crippen LogP contribution in [0, 0.1) is 0 Å². The van der Waals surface area contributed by atoms with Gasteiger partial charge in [-0.3, -0.25) is 0 Å². The fourth-order valence-corrected chi connectivity index (χ4v) is 2.85. The van der Waals surface area contributed by atoms with Crippen molar-refractivity contribution in [3.8, 4) is 0 Å². The molecule has 0 aliphatic heterocycles. The van der Waals surface area contributed by atoms with Crippen LogP contribution in [-0.2, 0) is 10.0 Å². The van der Waals surface area contributed by atoms with Gasteiger partial charge in [0.05, 0.1) is 4.90 Å². The molecule has 1 aromatic carbocycles. The summed E-state index contributed by atoms with van der Waals surface area (Å²) in [6.07, 6.45) is 0. The zero-order valence-electron chi connectivity index (χ0n) is 10.5. The van der Waals surface area contributed by atoms with Crippen LogP contribution in [0.1, 0.15) is 20.8 Å². The fourth-order valence-electron chi connectivity index (χ4n) is 1.27. The van der Waals surface area contributed by atoms with Gasteiger partial charge in [-0.05, 0) is 32.9 Å². The van der Waals surface area contributed by atoms with Crippen LogP contribution in [0.25, 0.3) is 0 Å². The lowest BCUT2D eigenvalue weighted by atomic mass is 9.89. The Hall–Kier alpha value is -0.845. The first-order chi connectivity index (χ1) is 7.69. The van der Waals surface area contributed by atoms with E-state index in [9.17, 15) is 8.42 Å². The number of benzene rings is 1. The van der Waals surface area contributed by atoms with Gasteiger partial charge in [0.1, 0.15) is 0 Å². The first-order valence-corrected chi connectivity index (χ1v) is 6.70. The lowest BCUT2D eigenvalue weighted by Gasteiger charge is -2.30. The van der Waals surface area contributed by atoms with Gasteiger partial charge in [-0.1, -0.05) is 17.6 Å². The normalized spacial score (nSPS) is 12.8. The van der Waals surface area contributed by atoms with E-state index >= 15 is 0 Å². The Morgan fingerprint density at radius 1 is 1.29 bits per heavy atom. The van der Waals surface area contributed by atoms with E-state index in [4.69, 9.17) is 5.02 Å². The molecule has 0 aliphatic carbocycles. The maximum atomic E-state index is 12.3. The highest BCUT2D eigenvalue weighted by molar-refractivity contribution is 7.89. The molecule has 0 aromatic heterocycles. The molecule has 0 bridgehead atoms. The van der Waals surface area contributed by atoms with Crippen LogP contribution in [0.3, 0.4) is 0 Å². The van der Waals surface area contributed by atoms with Gasteiger partial charge in [0.2, 0.25) is 10.0 Å². The van der Waals surface area contributed by atoms with E-state index in [0.717, 1.165) is 7.48 Å². The molecule has 0 saturated carbocycles. The molecule has 17 heavy (non-hydrogen) atoms. The smallest absolute Gasteiger partial charge is 0.326 e. The van der Waals surface area contributed by atoms with Crippen LogP contribution in [0.2, 0.25) is 0 Å². The third kappa shape index (κ3) is 3.09. The number of hydrogen-bond acceptors (Lipinski definition) is 3. The van der Waals surface area contributed by atoms with Crippen LogP contribution in [0.15, 0.2) is 29.2 Å². The maximum absolute atomic E-state index is 12.3. The van der Waals surface area contributed by atoms with E-state index in [1.807, 2.05) is 20.8 Å². The maximum Gasteiger partial charge on any atom is 0.326 e. The summed E-state index contributed by atoms with van der Waals surface area (Å²) in [6, 6.07) is 6.20. The topological polar surface area (TPSA) is 57.6 Å². The molecule has 1 radical (unpaired) electrons. The van der Waals surface area contributed by atoms with Gasteiger partial charge in [0, 0.05) is 12.6 Å². The summed E-state index contributed by atoms with van der Waals surface area (Å²) < 4.78 is 25.9. The molecule has 0 unspecified atom stereocenters. The van der Waals surface area contributed by atoms with E-state index in [-0.39, 0.29) is 4.90 Å². The fraction of sp³-hybridized carbons (Fsp3) is 0.455. The number of nitrogens with zero attached hydrogens (tertiary/aromatic N) is 1. The molecule has 0 spiro atoms. The highest BCUT2D eigenvalue weighted by Crippen LogP contribution is 2.21. The van der Waals surface area contributed by atoms with Gasteiger partial charge >= 0.3 is 7.48 Å². The van der Waals surface area contributed by atoms with E-state index in [1.54, 1.807) is 19.2 Å². The van der Waals surface area contributed by atoms with Crippen molar-refractivity contribution in [1.82, 2.24) is 4.31 Å². The summed E-state index contributed by atoms with van der Waals surface area (Å²) in [7, 11) is -1.10. The van der Waals surface area contributed by atoms with Crippen molar-refractivity contribution in [2.24, 2.45) is 0 Å². The Labute approximate surface area is 104 Å². The van der Waals surface area contributed by atoms with Gasteiger partial charge in [-0.2, -0.15) is 4.31 Å². The Balaban J connectivity index is 3.22. The van der Waals surface area contributed by atoms with Crippen molar-refractivity contribution in [3.63, 3.8) is 0 Å². The second-order valence-corrected chi connectivity index (χ2v) is 6.81. The summed E-state index contributed by atoms with van der Waals surface area (Å²) >= 11 is 0. The lowest BCUT2D eigenvalue weighted by molar-refractivity contribution is 0.292. The van der Waals surface area contributed by atoms with Crippen LogP contribution < -0.4 is 5.46 Å². The molecule has 93 valence electrons. The Bertz CT molecular complexity index is 494. The minimum absolute atomic E-state index is 0.178. The van der Waals surface area contributed by atoms with Gasteiger partial charge in [0.25, 0.3) is 0 Å². The third-order valence-electron chi connectivity index (χ3n) is 2.61. The van der Waals surface area contributed by atoms with Crippen molar-refractivity contribution in [1.29, 1.82) is 0 Å². The van der Waals surface area contributed by atoms with Gasteiger partial charge < -0.3 is 5.02 Å². The van der Waals surface area contributed by atoms with E-state index in [0.29, 0.717) is 5.46 Å². The molecule has 1 rings (SSSR count). The van der Waals surface area contributed by atoms with Crippen LogP contribution in [0.4, 0.5) is 0 Å². The highest BCUT2D eigenvalue weighted by atomic mass is 32.2. The Morgan fingerprint density at radius 3 is 2.35 bits per heavy atom. The monoisotopic (exact) mass is 254 g/mol. The largest absolute Gasteiger partial charge is 0.450 e. The number of sulfonamides is 1. The molecule has 0 saturated heterocycles. The van der Waals surface area contributed by atoms with Crippen LogP contribution in [-0.4, -0.2) is 37.8 Å². The molecule has 0 atom stereocenters. The van der Waals surface area contributed by atoms with Crippen molar-refractivity contribution in [3.05, 3.63) is 24.3 Å². The number of hydrogen-bond donors (Lipinski definition) is 1. The lowest BCUT2D eigenvalue weighted by Crippen LogP contribution is -2.42. The molecular formula is C11H17BNO3S. The summed E-state index contributed by atoms with van der Waals surface area (Å²) in [5.41, 5.74) is -0.0222. The zero-order valence-corrected chi connectivity index (χ0v) is 11.3. The van der Waals surface area contributed by atoms with E-state index in [2.05, 4.69) is 0 Å². The molecule has 0 aliphatic rings. The SMILES string of the molecule is CN(C(C)(C)C)S(=O)(=O)c1cccc([B]O)c1. The third-order valence-corrected chi connectivity index (χ3v) is 4.73. The first-order valence-electron chi connectivity index (χ1n) is 5.26. The van der Waals surface area contributed by atoms with Gasteiger partial charge in [-0.15, -0.1) is 0 Å². The average Bonchev–Trinajstić information content (AvgIpc) is 2.27. The standard InChI is InChI=1S/C11H17BNO3S/c1-11(2,3)13(4)17(15,16)10-7-5-6-9(8-10)12-14/h5-8,14H,1-4H3.